The molecule has 18 heavy (non-hydrogen) atoms. The lowest BCUT2D eigenvalue weighted by Crippen LogP contribution is -2.21. The molecule has 0 bridgehead atoms. The molecule has 0 atom stereocenters. The van der Waals surface area contributed by atoms with Gasteiger partial charge in [0.2, 0.25) is 0 Å². The molecule has 1 rings (SSSR count). The molecule has 102 valence electrons. The van der Waals surface area contributed by atoms with Crippen molar-refractivity contribution in [1.82, 2.24) is 5.32 Å². The first-order valence-electron chi connectivity index (χ1n) is 6.26. The molecule has 0 aliphatic heterocycles. The van der Waals surface area contributed by atoms with Crippen LogP contribution in [-0.2, 0) is 6.54 Å². The number of hydrogen-bond donors (Lipinski definition) is 2. The molecule has 0 aliphatic rings. The molecule has 0 heterocycles. The zero-order valence-corrected chi connectivity index (χ0v) is 12.9. The summed E-state index contributed by atoms with van der Waals surface area (Å²) in [5.41, 5.74) is 0.538. The number of benzene rings is 1. The highest BCUT2D eigenvalue weighted by atomic mass is 79.9. The average Bonchev–Trinajstić information content (AvgIpc) is 2.27. The maximum absolute atomic E-state index is 9.61. The van der Waals surface area contributed by atoms with Crippen molar-refractivity contribution in [2.45, 2.75) is 39.3 Å². The van der Waals surface area contributed by atoms with Crippen LogP contribution in [0.3, 0.4) is 0 Å². The smallest absolute Gasteiger partial charge is 0.133 e. The SMILES string of the molecule is CCNCc1ccc(OCCC(C)(C)O)c(Br)c1. The number of hydrogen-bond acceptors (Lipinski definition) is 3. The van der Waals surface area contributed by atoms with Gasteiger partial charge in [0.1, 0.15) is 5.75 Å². The summed E-state index contributed by atoms with van der Waals surface area (Å²) in [5, 5.41) is 12.9. The molecule has 1 aromatic rings. The molecule has 2 N–H and O–H groups in total. The van der Waals surface area contributed by atoms with E-state index in [0.717, 1.165) is 23.3 Å². The number of halogens is 1. The molecular formula is C14H22BrNO2. The topological polar surface area (TPSA) is 41.5 Å². The summed E-state index contributed by atoms with van der Waals surface area (Å²) in [6, 6.07) is 6.07. The van der Waals surface area contributed by atoms with E-state index in [9.17, 15) is 5.11 Å². The van der Waals surface area contributed by atoms with E-state index in [0.29, 0.717) is 13.0 Å². The minimum Gasteiger partial charge on any atom is -0.492 e. The van der Waals surface area contributed by atoms with E-state index >= 15 is 0 Å². The largest absolute Gasteiger partial charge is 0.492 e. The summed E-state index contributed by atoms with van der Waals surface area (Å²) < 4.78 is 6.60. The summed E-state index contributed by atoms with van der Waals surface area (Å²) in [6.07, 6.45) is 0.610. The van der Waals surface area contributed by atoms with Crippen LogP contribution in [0.2, 0.25) is 0 Å². The van der Waals surface area contributed by atoms with E-state index in [1.165, 1.54) is 5.56 Å². The van der Waals surface area contributed by atoms with Gasteiger partial charge in [-0.15, -0.1) is 0 Å². The van der Waals surface area contributed by atoms with E-state index in [1.54, 1.807) is 13.8 Å². The van der Waals surface area contributed by atoms with Gasteiger partial charge in [-0.3, -0.25) is 0 Å². The Kier molecular flexibility index (Phi) is 6.12. The molecule has 4 heteroatoms. The van der Waals surface area contributed by atoms with Crippen molar-refractivity contribution in [2.75, 3.05) is 13.2 Å². The Balaban J connectivity index is 2.52. The lowest BCUT2D eigenvalue weighted by molar-refractivity contribution is 0.0552. The quantitative estimate of drug-likeness (QED) is 0.812. The van der Waals surface area contributed by atoms with Crippen LogP contribution in [0.15, 0.2) is 22.7 Å². The molecule has 0 aromatic heterocycles. The molecule has 1 aromatic carbocycles. The lowest BCUT2D eigenvalue weighted by Gasteiger charge is -2.17. The predicted molar refractivity (Wildman–Crippen MR) is 77.9 cm³/mol. The highest BCUT2D eigenvalue weighted by Crippen LogP contribution is 2.26. The Hall–Kier alpha value is -0.580. The van der Waals surface area contributed by atoms with Crippen LogP contribution in [0.5, 0.6) is 5.75 Å². The molecule has 0 fully saturated rings. The van der Waals surface area contributed by atoms with Crippen LogP contribution in [0.25, 0.3) is 0 Å². The van der Waals surface area contributed by atoms with E-state index < -0.39 is 5.60 Å². The fraction of sp³-hybridized carbons (Fsp3) is 0.571. The monoisotopic (exact) mass is 315 g/mol. The minimum absolute atomic E-state index is 0.509. The van der Waals surface area contributed by atoms with Crippen molar-refractivity contribution < 1.29 is 9.84 Å². The Morgan fingerprint density at radius 3 is 2.67 bits per heavy atom. The molecule has 0 spiro atoms. The summed E-state index contributed by atoms with van der Waals surface area (Å²) >= 11 is 3.50. The number of nitrogens with one attached hydrogen (secondary N) is 1. The van der Waals surface area contributed by atoms with Crippen molar-refractivity contribution >= 4 is 15.9 Å². The van der Waals surface area contributed by atoms with Crippen molar-refractivity contribution in [2.24, 2.45) is 0 Å². The Morgan fingerprint density at radius 1 is 1.39 bits per heavy atom. The van der Waals surface area contributed by atoms with Gasteiger partial charge in [0, 0.05) is 13.0 Å². The van der Waals surface area contributed by atoms with Crippen molar-refractivity contribution in [3.63, 3.8) is 0 Å². The molecule has 0 amide bonds. The van der Waals surface area contributed by atoms with Gasteiger partial charge in [-0.05, 0) is 54.0 Å². The summed E-state index contributed by atoms with van der Waals surface area (Å²) in [5.74, 6) is 0.819. The Morgan fingerprint density at radius 2 is 2.11 bits per heavy atom. The summed E-state index contributed by atoms with van der Waals surface area (Å²) in [7, 11) is 0. The Labute approximate surface area is 118 Å². The molecule has 3 nitrogen and oxygen atoms in total. The third kappa shape index (κ3) is 5.85. The Bertz CT molecular complexity index is 375. The third-order valence-corrected chi connectivity index (χ3v) is 3.17. The van der Waals surface area contributed by atoms with Crippen LogP contribution in [-0.4, -0.2) is 23.9 Å². The van der Waals surface area contributed by atoms with Crippen LogP contribution in [0.4, 0.5) is 0 Å². The van der Waals surface area contributed by atoms with E-state index in [4.69, 9.17) is 4.74 Å². The highest BCUT2D eigenvalue weighted by Gasteiger charge is 2.12. The van der Waals surface area contributed by atoms with Gasteiger partial charge in [-0.2, -0.15) is 0 Å². The molecule has 0 saturated carbocycles. The van der Waals surface area contributed by atoms with Crippen molar-refractivity contribution in [1.29, 1.82) is 0 Å². The fourth-order valence-electron chi connectivity index (χ4n) is 1.45. The zero-order valence-electron chi connectivity index (χ0n) is 11.3. The van der Waals surface area contributed by atoms with Gasteiger partial charge in [0.15, 0.2) is 0 Å². The molecule has 0 aliphatic carbocycles. The predicted octanol–water partition coefficient (Wildman–Crippen LogP) is 3.10. The molecule has 0 radical (unpaired) electrons. The first-order chi connectivity index (χ1) is 8.42. The van der Waals surface area contributed by atoms with Gasteiger partial charge >= 0.3 is 0 Å². The average molecular weight is 316 g/mol. The zero-order chi connectivity index (χ0) is 13.6. The van der Waals surface area contributed by atoms with Gasteiger partial charge < -0.3 is 15.2 Å². The first kappa shape index (κ1) is 15.5. The maximum Gasteiger partial charge on any atom is 0.133 e. The van der Waals surface area contributed by atoms with E-state index in [-0.39, 0.29) is 0 Å². The standard InChI is InChI=1S/C14H22BrNO2/c1-4-16-10-11-5-6-13(12(15)9-11)18-8-7-14(2,3)17/h5-6,9,16-17H,4,7-8,10H2,1-3H3. The fourth-order valence-corrected chi connectivity index (χ4v) is 1.99. The maximum atomic E-state index is 9.61. The molecule has 0 saturated heterocycles. The van der Waals surface area contributed by atoms with Crippen LogP contribution >= 0.6 is 15.9 Å². The third-order valence-electron chi connectivity index (χ3n) is 2.55. The van der Waals surface area contributed by atoms with Crippen LogP contribution in [0.1, 0.15) is 32.8 Å². The lowest BCUT2D eigenvalue weighted by atomic mass is 10.1. The van der Waals surface area contributed by atoms with E-state index in [1.807, 2.05) is 12.1 Å². The minimum atomic E-state index is -0.683. The van der Waals surface area contributed by atoms with Gasteiger partial charge in [0.05, 0.1) is 16.7 Å². The summed E-state index contributed by atoms with van der Waals surface area (Å²) in [4.78, 5) is 0. The second kappa shape index (κ2) is 7.12. The second-order valence-corrected chi connectivity index (χ2v) is 5.81. The first-order valence-corrected chi connectivity index (χ1v) is 7.06. The second-order valence-electron chi connectivity index (χ2n) is 4.96. The van der Waals surface area contributed by atoms with Gasteiger partial charge in [-0.1, -0.05) is 13.0 Å². The van der Waals surface area contributed by atoms with Gasteiger partial charge in [-0.25, -0.2) is 0 Å². The number of ether oxygens (including phenoxy) is 1. The van der Waals surface area contributed by atoms with E-state index in [2.05, 4.69) is 34.2 Å². The number of rotatable bonds is 7. The normalized spacial score (nSPS) is 11.6. The molecular weight excluding hydrogens is 294 g/mol. The number of aliphatic hydroxyl groups is 1. The highest BCUT2D eigenvalue weighted by molar-refractivity contribution is 9.10. The van der Waals surface area contributed by atoms with Crippen molar-refractivity contribution in [3.05, 3.63) is 28.2 Å². The van der Waals surface area contributed by atoms with Crippen LogP contribution < -0.4 is 10.1 Å². The van der Waals surface area contributed by atoms with Crippen LogP contribution in [0, 0.1) is 0 Å². The summed E-state index contributed by atoms with van der Waals surface area (Å²) in [6.45, 7) is 7.98. The van der Waals surface area contributed by atoms with Crippen molar-refractivity contribution in [3.8, 4) is 5.75 Å². The molecule has 0 unspecified atom stereocenters. The van der Waals surface area contributed by atoms with Gasteiger partial charge in [0.25, 0.3) is 0 Å².